The van der Waals surface area contributed by atoms with Crippen molar-refractivity contribution >= 4 is 65.5 Å². The first kappa shape index (κ1) is 24.4. The highest BCUT2D eigenvalue weighted by atomic mass is 79.9. The number of hydroxylamine groups is 1. The van der Waals surface area contributed by atoms with Crippen molar-refractivity contribution in [3.63, 3.8) is 0 Å². The number of ether oxygens (including phenoxy) is 1. The molecule has 2 aromatic rings. The SMILES string of the molecule is CC(C)(/C=C/C(=O)NO)[C@@H](OC(=O)Nc1ccc(Br)cc1)c1cc(Br)cc(Br)c1O. The molecule has 10 heteroatoms. The van der Waals surface area contributed by atoms with Gasteiger partial charge < -0.3 is 9.84 Å². The standard InChI is InChI=1S/C20H19Br3N2O5/c1-20(2,8-7-16(26)25-29)18(14-9-12(22)10-15(23)17(14)27)30-19(28)24-13-5-3-11(21)4-6-13/h3-10,18,27,29H,1-2H3,(H,24,28)(H,25,26)/b8-7+/t18-/m0/s1. The summed E-state index contributed by atoms with van der Waals surface area (Å²) in [5, 5.41) is 22.0. The molecule has 0 fully saturated rings. The molecule has 160 valence electrons. The maximum atomic E-state index is 12.6. The number of hydrogen-bond acceptors (Lipinski definition) is 5. The lowest BCUT2D eigenvalue weighted by atomic mass is 9.81. The fourth-order valence-corrected chi connectivity index (χ4v) is 4.13. The van der Waals surface area contributed by atoms with E-state index in [-0.39, 0.29) is 5.75 Å². The van der Waals surface area contributed by atoms with Crippen LogP contribution in [0.5, 0.6) is 5.75 Å². The monoisotopic (exact) mass is 604 g/mol. The minimum absolute atomic E-state index is 0.104. The minimum Gasteiger partial charge on any atom is -0.506 e. The molecule has 2 aromatic carbocycles. The first-order valence-corrected chi connectivity index (χ1v) is 11.0. The van der Waals surface area contributed by atoms with Crippen LogP contribution in [0, 0.1) is 5.41 Å². The smallest absolute Gasteiger partial charge is 0.412 e. The van der Waals surface area contributed by atoms with Crippen molar-refractivity contribution in [2.45, 2.75) is 20.0 Å². The van der Waals surface area contributed by atoms with Gasteiger partial charge in [-0.25, -0.2) is 10.3 Å². The van der Waals surface area contributed by atoms with Crippen molar-refractivity contribution < 1.29 is 24.6 Å². The van der Waals surface area contributed by atoms with Gasteiger partial charge in [0.1, 0.15) is 11.9 Å². The van der Waals surface area contributed by atoms with Crippen LogP contribution >= 0.6 is 47.8 Å². The zero-order valence-corrected chi connectivity index (χ0v) is 20.7. The molecule has 0 aliphatic carbocycles. The fraction of sp³-hybridized carbons (Fsp3) is 0.200. The Labute approximate surface area is 198 Å². The number of amides is 2. The van der Waals surface area contributed by atoms with Crippen LogP contribution in [-0.4, -0.2) is 22.3 Å². The van der Waals surface area contributed by atoms with Crippen LogP contribution in [0.25, 0.3) is 0 Å². The number of rotatable bonds is 6. The molecule has 0 saturated heterocycles. The Morgan fingerprint density at radius 2 is 1.73 bits per heavy atom. The van der Waals surface area contributed by atoms with E-state index in [4.69, 9.17) is 9.94 Å². The fourth-order valence-electron chi connectivity index (χ4n) is 2.60. The quantitative estimate of drug-likeness (QED) is 0.182. The van der Waals surface area contributed by atoms with Gasteiger partial charge in [-0.15, -0.1) is 0 Å². The number of phenolic OH excluding ortho intramolecular Hbond substituents is 1. The summed E-state index contributed by atoms with van der Waals surface area (Å²) >= 11 is 9.97. The molecular weight excluding hydrogens is 588 g/mol. The third kappa shape index (κ3) is 6.56. The number of carbonyl (C=O) groups is 2. The van der Waals surface area contributed by atoms with E-state index < -0.39 is 23.5 Å². The Kier molecular flexibility index (Phi) is 8.48. The largest absolute Gasteiger partial charge is 0.506 e. The van der Waals surface area contributed by atoms with Gasteiger partial charge >= 0.3 is 6.09 Å². The number of aromatic hydroxyl groups is 1. The molecule has 0 aliphatic rings. The second-order valence-corrected chi connectivity index (χ2v) is 9.56. The number of nitrogens with one attached hydrogen (secondary N) is 2. The van der Waals surface area contributed by atoms with Gasteiger partial charge in [-0.3, -0.25) is 15.3 Å². The molecule has 1 atom stereocenters. The van der Waals surface area contributed by atoms with E-state index in [2.05, 4.69) is 53.1 Å². The summed E-state index contributed by atoms with van der Waals surface area (Å²) in [6.07, 6.45) is 0.868. The highest BCUT2D eigenvalue weighted by molar-refractivity contribution is 9.11. The summed E-state index contributed by atoms with van der Waals surface area (Å²) in [4.78, 5) is 24.1. The summed E-state index contributed by atoms with van der Waals surface area (Å²) in [6, 6.07) is 10.2. The number of anilines is 1. The normalized spacial score (nSPS) is 12.5. The maximum absolute atomic E-state index is 12.6. The Bertz CT molecular complexity index is 962. The van der Waals surface area contributed by atoms with Crippen LogP contribution in [0.3, 0.4) is 0 Å². The maximum Gasteiger partial charge on any atom is 0.412 e. The molecule has 0 bridgehead atoms. The van der Waals surface area contributed by atoms with Crippen molar-refractivity contribution in [1.82, 2.24) is 5.48 Å². The molecule has 0 aromatic heterocycles. The van der Waals surface area contributed by atoms with Gasteiger partial charge in [0.05, 0.1) is 4.47 Å². The predicted octanol–water partition coefficient (Wildman–Crippen LogP) is 6.06. The summed E-state index contributed by atoms with van der Waals surface area (Å²) in [5.41, 5.74) is 1.41. The molecular formula is C20H19Br3N2O5. The number of halogens is 3. The molecule has 7 nitrogen and oxygen atoms in total. The molecule has 30 heavy (non-hydrogen) atoms. The lowest BCUT2D eigenvalue weighted by molar-refractivity contribution is -0.124. The molecule has 0 aliphatic heterocycles. The van der Waals surface area contributed by atoms with Crippen LogP contribution in [0.2, 0.25) is 0 Å². The molecule has 2 rings (SSSR count). The van der Waals surface area contributed by atoms with E-state index in [1.54, 1.807) is 50.2 Å². The third-order valence-electron chi connectivity index (χ3n) is 4.11. The van der Waals surface area contributed by atoms with Gasteiger partial charge in [0, 0.05) is 31.7 Å². The molecule has 0 heterocycles. The number of benzene rings is 2. The van der Waals surface area contributed by atoms with Gasteiger partial charge in [0.15, 0.2) is 0 Å². The molecule has 4 N–H and O–H groups in total. The van der Waals surface area contributed by atoms with Crippen molar-refractivity contribution in [1.29, 1.82) is 0 Å². The predicted molar refractivity (Wildman–Crippen MR) is 123 cm³/mol. The zero-order chi connectivity index (χ0) is 22.5. The van der Waals surface area contributed by atoms with Gasteiger partial charge in [-0.1, -0.05) is 51.8 Å². The lowest BCUT2D eigenvalue weighted by Gasteiger charge is -2.32. The van der Waals surface area contributed by atoms with Crippen molar-refractivity contribution in [2.24, 2.45) is 5.41 Å². The Morgan fingerprint density at radius 1 is 1.10 bits per heavy atom. The third-order valence-corrected chi connectivity index (χ3v) is 5.70. The van der Waals surface area contributed by atoms with Gasteiger partial charge in [0.25, 0.3) is 5.91 Å². The molecule has 0 radical (unpaired) electrons. The highest BCUT2D eigenvalue weighted by Gasteiger charge is 2.35. The Hall–Kier alpha value is -1.88. The number of phenols is 1. The topological polar surface area (TPSA) is 108 Å². The second kappa shape index (κ2) is 10.4. The van der Waals surface area contributed by atoms with Crippen LogP contribution in [0.1, 0.15) is 25.5 Å². The van der Waals surface area contributed by atoms with Crippen LogP contribution in [0.15, 0.2) is 62.0 Å². The van der Waals surface area contributed by atoms with Gasteiger partial charge in [-0.05, 0) is 52.3 Å². The van der Waals surface area contributed by atoms with Crippen molar-refractivity contribution in [3.05, 3.63) is 67.5 Å². The van der Waals surface area contributed by atoms with Crippen LogP contribution in [-0.2, 0) is 9.53 Å². The Morgan fingerprint density at radius 3 is 2.33 bits per heavy atom. The molecule has 0 spiro atoms. The second-order valence-electron chi connectivity index (χ2n) is 6.87. The first-order valence-electron chi connectivity index (χ1n) is 8.58. The van der Waals surface area contributed by atoms with Crippen molar-refractivity contribution in [2.75, 3.05) is 5.32 Å². The van der Waals surface area contributed by atoms with Crippen molar-refractivity contribution in [3.8, 4) is 5.75 Å². The first-order chi connectivity index (χ1) is 14.0. The molecule has 0 unspecified atom stereocenters. The summed E-state index contributed by atoms with van der Waals surface area (Å²) in [7, 11) is 0. The average molecular weight is 607 g/mol. The van der Waals surface area contributed by atoms with E-state index in [9.17, 15) is 14.7 Å². The van der Waals surface area contributed by atoms with Crippen LogP contribution in [0.4, 0.5) is 10.5 Å². The van der Waals surface area contributed by atoms with Gasteiger partial charge in [0.2, 0.25) is 0 Å². The highest BCUT2D eigenvalue weighted by Crippen LogP contribution is 2.45. The van der Waals surface area contributed by atoms with Crippen LogP contribution < -0.4 is 10.8 Å². The van der Waals surface area contributed by atoms with E-state index in [1.165, 1.54) is 11.6 Å². The Balaban J connectivity index is 2.40. The van der Waals surface area contributed by atoms with E-state index in [0.717, 1.165) is 10.5 Å². The molecule has 0 saturated carbocycles. The zero-order valence-electron chi connectivity index (χ0n) is 15.9. The summed E-state index contributed by atoms with van der Waals surface area (Å²) in [5.74, 6) is -0.839. The minimum atomic E-state index is -0.982. The van der Waals surface area contributed by atoms with E-state index >= 15 is 0 Å². The van der Waals surface area contributed by atoms with E-state index in [1.807, 2.05) is 0 Å². The summed E-state index contributed by atoms with van der Waals surface area (Å²) in [6.45, 7) is 3.44. The van der Waals surface area contributed by atoms with Gasteiger partial charge in [-0.2, -0.15) is 0 Å². The number of carbonyl (C=O) groups excluding carboxylic acids is 2. The summed E-state index contributed by atoms with van der Waals surface area (Å²) < 4.78 is 7.60. The lowest BCUT2D eigenvalue weighted by Crippen LogP contribution is -2.28. The van der Waals surface area contributed by atoms with E-state index in [0.29, 0.717) is 20.2 Å². The molecule has 2 amide bonds. The average Bonchev–Trinajstić information content (AvgIpc) is 2.69. The number of hydrogen-bond donors (Lipinski definition) is 4.